The van der Waals surface area contributed by atoms with E-state index in [4.69, 9.17) is 24.3 Å². The number of nitrogen functional groups attached to an aromatic ring is 1. The van der Waals surface area contributed by atoms with Crippen molar-refractivity contribution < 1.29 is 33.0 Å². The minimum Gasteiger partial charge on any atom is -0.469 e. The first kappa shape index (κ1) is 37.8. The normalized spacial score (nSPS) is 19.9. The zero-order valence-electron chi connectivity index (χ0n) is 30.6. The zero-order valence-corrected chi connectivity index (χ0v) is 30.6. The van der Waals surface area contributed by atoms with Gasteiger partial charge in [-0.25, -0.2) is 0 Å². The standard InChI is InChI=1S/C19H23N3O5.C19H25N3O3/c1-11-18(12(2)27-21-11)14-6-9-16(17(10-14)22(24)25)20-15-7-4-13(5-8-15)19(23)26-3;1-11-18(12(2)25-22-11)14-6-9-17(16(20)10-14)21-15-7-4-13(5-8-15)19(23)24-3/h6,9-10,13,15,20H,4-5,7-8H2,1-3H3;6,9-10,13,15,21H,4-5,7-8,20H2,1-3H3. The fraction of sp³-hybridized carbons (Fsp3) is 0.474. The largest absolute Gasteiger partial charge is 0.469 e. The lowest BCUT2D eigenvalue weighted by atomic mass is 9.86. The van der Waals surface area contributed by atoms with Crippen LogP contribution >= 0.6 is 0 Å². The molecule has 0 bridgehead atoms. The maximum Gasteiger partial charge on any atom is 0.308 e. The van der Waals surface area contributed by atoms with Gasteiger partial charge < -0.3 is 34.9 Å². The van der Waals surface area contributed by atoms with E-state index in [-0.39, 0.29) is 40.4 Å². The Hall–Kier alpha value is -5.40. The van der Waals surface area contributed by atoms with Gasteiger partial charge in [0.1, 0.15) is 17.2 Å². The SMILES string of the molecule is COC(=O)C1CCC(Nc2ccc(-c3c(C)noc3C)cc2N)CC1.COC(=O)C1CCC(Nc2ccc(-c3c(C)noc3C)cc2[N+](=O)[O-])CC1. The number of methoxy groups -OCH3 is 2. The number of carbonyl (C=O) groups is 2. The van der Waals surface area contributed by atoms with Crippen LogP contribution in [0.1, 0.15) is 74.3 Å². The summed E-state index contributed by atoms with van der Waals surface area (Å²) in [5.41, 5.74) is 13.4. The van der Waals surface area contributed by atoms with Crippen LogP contribution in [0, 0.1) is 49.6 Å². The monoisotopic (exact) mass is 716 g/mol. The van der Waals surface area contributed by atoms with Crippen LogP contribution in [0.5, 0.6) is 0 Å². The first-order valence-corrected chi connectivity index (χ1v) is 17.6. The molecule has 14 heteroatoms. The number of aromatic nitrogens is 2. The van der Waals surface area contributed by atoms with Crippen LogP contribution in [0.15, 0.2) is 45.4 Å². The molecule has 2 aliphatic rings. The molecule has 0 aliphatic heterocycles. The third-order valence-corrected chi connectivity index (χ3v) is 10.1. The van der Waals surface area contributed by atoms with Gasteiger partial charge >= 0.3 is 11.9 Å². The maximum absolute atomic E-state index is 11.6. The van der Waals surface area contributed by atoms with Gasteiger partial charge in [-0.3, -0.25) is 19.7 Å². The average molecular weight is 717 g/mol. The lowest BCUT2D eigenvalue weighted by Crippen LogP contribution is -2.30. The van der Waals surface area contributed by atoms with Crippen LogP contribution in [-0.2, 0) is 19.1 Å². The van der Waals surface area contributed by atoms with Crippen molar-refractivity contribution in [1.29, 1.82) is 0 Å². The van der Waals surface area contributed by atoms with Crippen molar-refractivity contribution in [1.82, 2.24) is 10.3 Å². The highest BCUT2D eigenvalue weighted by Crippen LogP contribution is 2.37. The molecule has 2 aromatic heterocycles. The van der Waals surface area contributed by atoms with E-state index >= 15 is 0 Å². The van der Waals surface area contributed by atoms with E-state index in [1.165, 1.54) is 14.2 Å². The van der Waals surface area contributed by atoms with Crippen molar-refractivity contribution in [3.63, 3.8) is 0 Å². The predicted octanol–water partition coefficient (Wildman–Crippen LogP) is 7.69. The summed E-state index contributed by atoms with van der Waals surface area (Å²) in [6.45, 7) is 7.42. The summed E-state index contributed by atoms with van der Waals surface area (Å²) in [5, 5.41) is 26.3. The van der Waals surface area contributed by atoms with E-state index in [0.717, 1.165) is 85.2 Å². The van der Waals surface area contributed by atoms with Crippen LogP contribution < -0.4 is 16.4 Å². The summed E-state index contributed by atoms with van der Waals surface area (Å²) in [6.07, 6.45) is 6.54. The number of carbonyl (C=O) groups excluding carboxylic acids is 2. The minimum absolute atomic E-state index is 0.0163. The first-order valence-electron chi connectivity index (χ1n) is 17.6. The number of nitrogens with one attached hydrogen (secondary N) is 2. The molecule has 0 atom stereocenters. The molecule has 4 N–H and O–H groups in total. The molecule has 0 radical (unpaired) electrons. The van der Waals surface area contributed by atoms with E-state index in [9.17, 15) is 19.7 Å². The number of nitro groups is 1. The Balaban J connectivity index is 0.000000202. The molecule has 0 amide bonds. The summed E-state index contributed by atoms with van der Waals surface area (Å²) in [7, 11) is 2.85. The molecule has 2 aromatic carbocycles. The molecule has 2 heterocycles. The Morgan fingerprint density at radius 2 is 1.15 bits per heavy atom. The molecular weight excluding hydrogens is 668 g/mol. The number of esters is 2. The number of nitrogens with two attached hydrogens (primary N) is 1. The van der Waals surface area contributed by atoms with Crippen LogP contribution in [0.25, 0.3) is 22.3 Å². The number of anilines is 3. The Morgan fingerprint density at radius 3 is 1.54 bits per heavy atom. The van der Waals surface area contributed by atoms with Gasteiger partial charge in [0.25, 0.3) is 5.69 Å². The molecule has 278 valence electrons. The second-order valence-electron chi connectivity index (χ2n) is 13.6. The topological polar surface area (TPSA) is 198 Å². The summed E-state index contributed by atoms with van der Waals surface area (Å²) in [6, 6.07) is 11.5. The van der Waals surface area contributed by atoms with E-state index in [1.807, 2.05) is 45.0 Å². The lowest BCUT2D eigenvalue weighted by molar-refractivity contribution is -0.383. The number of nitro benzene ring substituents is 1. The summed E-state index contributed by atoms with van der Waals surface area (Å²) >= 11 is 0. The molecule has 2 saturated carbocycles. The third kappa shape index (κ3) is 8.72. The minimum atomic E-state index is -0.385. The smallest absolute Gasteiger partial charge is 0.308 e. The Kier molecular flexibility index (Phi) is 12.2. The van der Waals surface area contributed by atoms with Crippen molar-refractivity contribution in [2.45, 2.75) is 91.1 Å². The zero-order chi connectivity index (χ0) is 37.5. The predicted molar refractivity (Wildman–Crippen MR) is 197 cm³/mol. The first-order chi connectivity index (χ1) is 24.9. The van der Waals surface area contributed by atoms with Crippen molar-refractivity contribution >= 4 is 34.7 Å². The molecule has 52 heavy (non-hydrogen) atoms. The van der Waals surface area contributed by atoms with Gasteiger partial charge in [0, 0.05) is 29.3 Å². The maximum atomic E-state index is 11.6. The summed E-state index contributed by atoms with van der Waals surface area (Å²) < 4.78 is 20.0. The fourth-order valence-electron chi connectivity index (χ4n) is 7.32. The molecule has 0 spiro atoms. The summed E-state index contributed by atoms with van der Waals surface area (Å²) in [4.78, 5) is 34.5. The van der Waals surface area contributed by atoms with Crippen LogP contribution in [0.3, 0.4) is 0 Å². The molecule has 0 saturated heterocycles. The Labute approximate surface area is 302 Å². The quantitative estimate of drug-likeness (QED) is 0.0660. The fourth-order valence-corrected chi connectivity index (χ4v) is 7.32. The number of benzene rings is 2. The molecule has 6 rings (SSSR count). The van der Waals surface area contributed by atoms with Crippen molar-refractivity contribution in [3.05, 3.63) is 69.4 Å². The number of rotatable bonds is 9. The van der Waals surface area contributed by atoms with Crippen molar-refractivity contribution in [3.8, 4) is 22.3 Å². The molecular formula is C38H48N6O8. The molecule has 2 fully saturated rings. The lowest BCUT2D eigenvalue weighted by Gasteiger charge is -2.28. The number of aryl methyl sites for hydroxylation is 4. The third-order valence-electron chi connectivity index (χ3n) is 10.1. The van der Waals surface area contributed by atoms with Gasteiger partial charge in [0.2, 0.25) is 0 Å². The van der Waals surface area contributed by atoms with E-state index in [2.05, 4.69) is 20.9 Å². The molecule has 4 aromatic rings. The van der Waals surface area contributed by atoms with E-state index < -0.39 is 0 Å². The van der Waals surface area contributed by atoms with Gasteiger partial charge in [-0.05, 0) is 108 Å². The van der Waals surface area contributed by atoms with Crippen molar-refractivity contribution in [2.75, 3.05) is 30.6 Å². The van der Waals surface area contributed by atoms with Gasteiger partial charge in [-0.15, -0.1) is 0 Å². The van der Waals surface area contributed by atoms with E-state index in [1.54, 1.807) is 19.1 Å². The number of hydrogen-bond donors (Lipinski definition) is 3. The Morgan fingerprint density at radius 1 is 0.731 bits per heavy atom. The highest BCUT2D eigenvalue weighted by atomic mass is 16.6. The van der Waals surface area contributed by atoms with Crippen molar-refractivity contribution in [2.24, 2.45) is 11.8 Å². The molecule has 0 unspecified atom stereocenters. The highest BCUT2D eigenvalue weighted by Gasteiger charge is 2.29. The average Bonchev–Trinajstić information content (AvgIpc) is 3.67. The van der Waals surface area contributed by atoms with Gasteiger partial charge in [-0.1, -0.05) is 22.4 Å². The van der Waals surface area contributed by atoms with Gasteiger partial charge in [0.05, 0.1) is 53.7 Å². The highest BCUT2D eigenvalue weighted by molar-refractivity contribution is 5.78. The number of nitrogens with zero attached hydrogens (tertiary/aromatic N) is 3. The number of hydrogen-bond acceptors (Lipinski definition) is 13. The summed E-state index contributed by atoms with van der Waals surface area (Å²) in [5.74, 6) is 1.10. The van der Waals surface area contributed by atoms with Gasteiger partial charge in [-0.2, -0.15) is 0 Å². The van der Waals surface area contributed by atoms with Crippen LogP contribution in [0.4, 0.5) is 22.7 Å². The van der Waals surface area contributed by atoms with Crippen LogP contribution in [-0.4, -0.2) is 53.5 Å². The van der Waals surface area contributed by atoms with Crippen LogP contribution in [0.2, 0.25) is 0 Å². The number of ether oxygens (including phenoxy) is 2. The second kappa shape index (κ2) is 16.7. The van der Waals surface area contributed by atoms with Gasteiger partial charge in [0.15, 0.2) is 0 Å². The molecule has 2 aliphatic carbocycles. The second-order valence-corrected chi connectivity index (χ2v) is 13.6. The Bertz CT molecular complexity index is 1850. The molecule has 14 nitrogen and oxygen atoms in total. The van der Waals surface area contributed by atoms with E-state index in [0.29, 0.717) is 34.4 Å².